The minimum absolute atomic E-state index is 0.0416. The van der Waals surface area contributed by atoms with Crippen LogP contribution in [0.2, 0.25) is 0 Å². The van der Waals surface area contributed by atoms with Gasteiger partial charge in [0.1, 0.15) is 29.9 Å². The number of aromatic amines is 1. The molecule has 8 amide bonds. The van der Waals surface area contributed by atoms with E-state index >= 15 is 0 Å². The summed E-state index contributed by atoms with van der Waals surface area (Å²) in [5.74, 6) is -4.40. The van der Waals surface area contributed by atoms with Gasteiger partial charge in [-0.05, 0) is 77.6 Å². The molecule has 71 heavy (non-hydrogen) atoms. The molecule has 20 heteroatoms. The molecule has 9 N–H and O–H groups in total. The number of benzene rings is 2. The molecular weight excluding hydrogens is 909 g/mol. The number of H-pyrrole nitrogens is 1. The zero-order valence-electron chi connectivity index (χ0n) is 42.6. The monoisotopic (exact) mass is 983 g/mol. The van der Waals surface area contributed by atoms with Gasteiger partial charge in [0, 0.05) is 31.2 Å². The van der Waals surface area contributed by atoms with Crippen LogP contribution in [0.4, 0.5) is 0 Å². The molecule has 12 atom stereocenters. The number of likely N-dealkylation sites (tertiary alicyclic amines) is 2. The van der Waals surface area contributed by atoms with E-state index in [9.17, 15) is 38.4 Å². The summed E-state index contributed by atoms with van der Waals surface area (Å²) in [5.41, 5.74) is 1.52. The molecule has 3 heterocycles. The van der Waals surface area contributed by atoms with Gasteiger partial charge in [0.25, 0.3) is 11.8 Å². The third kappa shape index (κ3) is 14.0. The number of hydrogen-bond donors (Lipinski definition) is 9. The molecule has 0 unspecified atom stereocenters. The third-order valence-corrected chi connectivity index (χ3v) is 14.0. The van der Waals surface area contributed by atoms with Crippen molar-refractivity contribution in [3.63, 3.8) is 0 Å². The molecule has 3 aromatic rings. The Morgan fingerprint density at radius 2 is 0.986 bits per heavy atom. The number of nitrogens with zero attached hydrogens (tertiary/aromatic N) is 3. The number of likely N-dealkylation sites (N-methyl/N-ethyl adjacent to an activating group) is 2. The number of nitrogens with one attached hydrogen (secondary N) is 9. The summed E-state index contributed by atoms with van der Waals surface area (Å²) in [5, 5.41) is 30.1. The molecule has 1 aromatic heterocycles. The van der Waals surface area contributed by atoms with Crippen molar-refractivity contribution in [3.8, 4) is 0 Å². The smallest absolute Gasteiger partial charge is 0.272 e. The summed E-state index contributed by atoms with van der Waals surface area (Å²) in [6.07, 6.45) is 1.24. The van der Waals surface area contributed by atoms with Crippen LogP contribution in [0.3, 0.4) is 0 Å². The van der Waals surface area contributed by atoms with Gasteiger partial charge in [0.2, 0.25) is 35.4 Å². The van der Waals surface area contributed by atoms with Crippen molar-refractivity contribution < 1.29 is 38.4 Å². The second-order valence-corrected chi connectivity index (χ2v) is 19.0. The number of rotatable bonds is 22. The lowest BCUT2D eigenvalue weighted by molar-refractivity contribution is -0.143. The first kappa shape index (κ1) is 55.3. The standard InChI is InChI=1S/C51H74N12O8/c1-11-28(3)42(58-44(64)32(7)52-9)50(70)62-26-36(23-40(62)48(68)54-30(5)34-19-15-13-16-20-34)56-46(66)38-25-39(61-60-38)47(67)57-37-24-41(49(69)55-31(6)35-21-17-14-18-22-35)63(27-37)51(71)43(29(4)12-2)59-45(65)33(8)53-10/h13-22,25,28-33,36-37,40-43,52-53H,11-12,23-24,26-27H2,1-10H3,(H,54,68)(H,55,69)(H,56,66)(H,57,67)(H,58,64)(H,59,65)(H,60,61)/t28-,29-,30+,31+,32-,33+,36-,37-,40-,41-,42-,43-/m0/s1. The summed E-state index contributed by atoms with van der Waals surface area (Å²) in [6.45, 7) is 14.5. The number of carbonyl (C=O) groups excluding carboxylic acids is 8. The number of aromatic nitrogens is 2. The highest BCUT2D eigenvalue weighted by Gasteiger charge is 2.46. The van der Waals surface area contributed by atoms with Gasteiger partial charge < -0.3 is 52.3 Å². The number of carbonyl (C=O) groups is 8. The van der Waals surface area contributed by atoms with Crippen molar-refractivity contribution in [1.29, 1.82) is 0 Å². The van der Waals surface area contributed by atoms with Gasteiger partial charge >= 0.3 is 0 Å². The SMILES string of the molecule is CC[C@H](C)[C@H](NC(=O)[C@H](C)NC)C(=O)N1C[C@@H](NC(=O)c2cc(C(=O)N[C@H]3C[C@@H](C(=O)N[C@H](C)c4ccccc4)N(C(=O)[C@@H](NC(=O)[C@@H](C)NC)[C@@H](C)CC)C3)[nH]n2)C[C@H]1C(=O)N[C@H](C)c1ccccc1. The maximum absolute atomic E-state index is 14.4. The average molecular weight is 983 g/mol. The predicted molar refractivity (Wildman–Crippen MR) is 267 cm³/mol. The fraction of sp³-hybridized carbons (Fsp3) is 0.549. The van der Waals surface area contributed by atoms with Crippen LogP contribution in [-0.4, -0.2) is 143 Å². The Bertz CT molecular complexity index is 2170. The molecule has 5 rings (SSSR count). The van der Waals surface area contributed by atoms with Crippen LogP contribution >= 0.6 is 0 Å². The normalized spacial score (nSPS) is 21.0. The number of amides is 8. The van der Waals surface area contributed by atoms with Crippen molar-refractivity contribution in [2.45, 2.75) is 141 Å². The summed E-state index contributed by atoms with van der Waals surface area (Å²) < 4.78 is 0. The Balaban J connectivity index is 1.32. The van der Waals surface area contributed by atoms with Crippen LogP contribution in [0.25, 0.3) is 0 Å². The van der Waals surface area contributed by atoms with Crippen LogP contribution in [-0.2, 0) is 28.8 Å². The highest BCUT2D eigenvalue weighted by atomic mass is 16.2. The molecular formula is C51H74N12O8. The lowest BCUT2D eigenvalue weighted by Crippen LogP contribution is -2.57. The van der Waals surface area contributed by atoms with E-state index in [4.69, 9.17) is 0 Å². The second kappa shape index (κ2) is 25.4. The highest BCUT2D eigenvalue weighted by molar-refractivity contribution is 5.99. The van der Waals surface area contributed by atoms with Gasteiger partial charge in [-0.1, -0.05) is 101 Å². The fourth-order valence-electron chi connectivity index (χ4n) is 8.75. The minimum atomic E-state index is -0.997. The molecule has 0 spiro atoms. The first-order chi connectivity index (χ1) is 33.8. The van der Waals surface area contributed by atoms with Gasteiger partial charge in [0.05, 0.1) is 24.2 Å². The van der Waals surface area contributed by atoms with E-state index < -0.39 is 95.9 Å². The van der Waals surface area contributed by atoms with E-state index in [1.807, 2.05) is 102 Å². The minimum Gasteiger partial charge on any atom is -0.348 e. The van der Waals surface area contributed by atoms with Crippen LogP contribution in [0.15, 0.2) is 66.7 Å². The Morgan fingerprint density at radius 1 is 0.592 bits per heavy atom. The third-order valence-electron chi connectivity index (χ3n) is 14.0. The molecule has 2 aliphatic heterocycles. The average Bonchev–Trinajstić information content (AvgIpc) is 4.16. The Morgan fingerprint density at radius 3 is 1.37 bits per heavy atom. The van der Waals surface area contributed by atoms with Crippen molar-refractivity contribution in [3.05, 3.63) is 89.2 Å². The van der Waals surface area contributed by atoms with Gasteiger partial charge in [-0.15, -0.1) is 0 Å². The summed E-state index contributed by atoms with van der Waals surface area (Å²) in [6, 6.07) is 12.7. The van der Waals surface area contributed by atoms with Crippen molar-refractivity contribution in [2.24, 2.45) is 11.8 Å². The second-order valence-electron chi connectivity index (χ2n) is 19.0. The molecule has 2 aliphatic rings. The van der Waals surface area contributed by atoms with Gasteiger partial charge in [-0.25, -0.2) is 0 Å². The molecule has 0 aliphatic carbocycles. The van der Waals surface area contributed by atoms with Crippen molar-refractivity contribution >= 4 is 47.3 Å². The van der Waals surface area contributed by atoms with Crippen LogP contribution in [0, 0.1) is 11.8 Å². The van der Waals surface area contributed by atoms with Crippen LogP contribution < -0.4 is 42.5 Å². The summed E-state index contributed by atoms with van der Waals surface area (Å²) in [4.78, 5) is 114. The Kier molecular flexibility index (Phi) is 19.8. The lowest BCUT2D eigenvalue weighted by Gasteiger charge is -2.32. The summed E-state index contributed by atoms with van der Waals surface area (Å²) in [7, 11) is 3.28. The zero-order valence-corrected chi connectivity index (χ0v) is 42.6. The van der Waals surface area contributed by atoms with Gasteiger partial charge in [0.15, 0.2) is 5.69 Å². The molecule has 386 valence electrons. The first-order valence-electron chi connectivity index (χ1n) is 24.8. The summed E-state index contributed by atoms with van der Waals surface area (Å²) >= 11 is 0. The number of hydrogen-bond acceptors (Lipinski definition) is 11. The van der Waals surface area contributed by atoms with E-state index in [1.165, 1.54) is 15.9 Å². The zero-order chi connectivity index (χ0) is 52.1. The van der Waals surface area contributed by atoms with E-state index in [1.54, 1.807) is 27.9 Å². The molecule has 0 bridgehead atoms. The molecule has 2 aromatic carbocycles. The Hall–Kier alpha value is -6.67. The van der Waals surface area contributed by atoms with E-state index in [2.05, 4.69) is 52.7 Å². The lowest BCUT2D eigenvalue weighted by atomic mass is 9.97. The molecule has 20 nitrogen and oxygen atoms in total. The van der Waals surface area contributed by atoms with E-state index in [0.29, 0.717) is 12.8 Å². The topological polar surface area (TPSA) is 268 Å². The molecule has 0 radical (unpaired) electrons. The molecule has 2 saturated heterocycles. The fourth-order valence-corrected chi connectivity index (χ4v) is 8.75. The maximum Gasteiger partial charge on any atom is 0.272 e. The van der Waals surface area contributed by atoms with Gasteiger partial charge in [-0.2, -0.15) is 5.10 Å². The molecule has 0 saturated carbocycles. The van der Waals surface area contributed by atoms with Crippen LogP contribution in [0.5, 0.6) is 0 Å². The van der Waals surface area contributed by atoms with E-state index in [0.717, 1.165) is 11.1 Å². The van der Waals surface area contributed by atoms with Crippen molar-refractivity contribution in [1.82, 2.24) is 62.5 Å². The first-order valence-corrected chi connectivity index (χ1v) is 24.8. The molecule has 2 fully saturated rings. The van der Waals surface area contributed by atoms with Crippen LogP contribution in [0.1, 0.15) is 125 Å². The maximum atomic E-state index is 14.4. The highest BCUT2D eigenvalue weighted by Crippen LogP contribution is 2.26. The van der Waals surface area contributed by atoms with Crippen molar-refractivity contribution in [2.75, 3.05) is 27.2 Å². The quantitative estimate of drug-likeness (QED) is 0.0702. The predicted octanol–water partition coefficient (Wildman–Crippen LogP) is 1.84. The Labute approximate surface area is 416 Å². The van der Waals surface area contributed by atoms with E-state index in [-0.39, 0.29) is 61.0 Å². The van der Waals surface area contributed by atoms with Gasteiger partial charge in [-0.3, -0.25) is 43.5 Å². The largest absolute Gasteiger partial charge is 0.348 e.